The lowest BCUT2D eigenvalue weighted by Crippen LogP contribution is -2.17. The third kappa shape index (κ3) is 3.88. The molecule has 108 valence electrons. The Morgan fingerprint density at radius 3 is 2.40 bits per heavy atom. The summed E-state index contributed by atoms with van der Waals surface area (Å²) < 4.78 is 5.12. The zero-order valence-corrected chi connectivity index (χ0v) is 13.4. The molecule has 1 atom stereocenters. The molecule has 0 radical (unpaired) electrons. The third-order valence-electron chi connectivity index (χ3n) is 3.28. The molecule has 3 nitrogen and oxygen atoms in total. The molecule has 1 unspecified atom stereocenters. The summed E-state index contributed by atoms with van der Waals surface area (Å²) in [6.45, 7) is 7.87. The Hall–Kier alpha value is -1.23. The second-order valence-electron chi connectivity index (χ2n) is 5.03. The Bertz CT molecular complexity index is 548. The van der Waals surface area contributed by atoms with Gasteiger partial charge in [0.1, 0.15) is 0 Å². The monoisotopic (exact) mass is 290 g/mol. The normalized spacial score (nSPS) is 12.6. The molecular weight excluding hydrogens is 268 g/mol. The van der Waals surface area contributed by atoms with Crippen molar-refractivity contribution < 1.29 is 4.74 Å². The number of nitrogens with zero attached hydrogens (tertiary/aromatic N) is 1. The van der Waals surface area contributed by atoms with Crippen LogP contribution < -0.4 is 5.32 Å². The lowest BCUT2D eigenvalue weighted by Gasteiger charge is -2.13. The number of hydrogen-bond donors (Lipinski definition) is 1. The third-order valence-corrected chi connectivity index (χ3v) is 4.53. The summed E-state index contributed by atoms with van der Waals surface area (Å²) in [6, 6.07) is 8.87. The number of benzene rings is 1. The molecule has 1 N–H and O–H groups in total. The molecular formula is C16H22N2OS. The Balaban J connectivity index is 1.92. The van der Waals surface area contributed by atoms with Crippen LogP contribution in [0.4, 0.5) is 0 Å². The van der Waals surface area contributed by atoms with E-state index in [2.05, 4.69) is 55.3 Å². The smallest absolute Gasteiger partial charge is 0.0900 e. The number of ether oxygens (including phenoxy) is 1. The zero-order valence-electron chi connectivity index (χ0n) is 12.6. The van der Waals surface area contributed by atoms with Gasteiger partial charge in [-0.1, -0.05) is 24.3 Å². The van der Waals surface area contributed by atoms with E-state index in [1.54, 1.807) is 18.4 Å². The highest BCUT2D eigenvalue weighted by Crippen LogP contribution is 2.24. The minimum Gasteiger partial charge on any atom is -0.380 e. The van der Waals surface area contributed by atoms with Crippen molar-refractivity contribution in [2.75, 3.05) is 7.11 Å². The van der Waals surface area contributed by atoms with E-state index in [9.17, 15) is 0 Å². The fourth-order valence-electron chi connectivity index (χ4n) is 2.23. The summed E-state index contributed by atoms with van der Waals surface area (Å²) in [5, 5.41) is 4.69. The fourth-order valence-corrected chi connectivity index (χ4v) is 3.19. The van der Waals surface area contributed by atoms with E-state index in [4.69, 9.17) is 4.74 Å². The topological polar surface area (TPSA) is 34.1 Å². The summed E-state index contributed by atoms with van der Waals surface area (Å²) in [7, 11) is 1.72. The van der Waals surface area contributed by atoms with Crippen molar-refractivity contribution in [2.24, 2.45) is 0 Å². The highest BCUT2D eigenvalue weighted by molar-refractivity contribution is 7.11. The SMILES string of the molecule is COCc1ccc(CNC(C)c2sc(C)nc2C)cc1. The second kappa shape index (κ2) is 6.97. The summed E-state index contributed by atoms with van der Waals surface area (Å²) in [4.78, 5) is 5.82. The predicted octanol–water partition coefficient (Wildman–Crippen LogP) is 3.76. The standard InChI is InChI=1S/C16H22N2OS/c1-11(16-12(2)18-13(3)20-16)17-9-14-5-7-15(8-6-14)10-19-4/h5-8,11,17H,9-10H2,1-4H3. The summed E-state index contributed by atoms with van der Waals surface area (Å²) in [5.74, 6) is 0. The van der Waals surface area contributed by atoms with Crippen LogP contribution in [0, 0.1) is 13.8 Å². The number of rotatable bonds is 6. The lowest BCUT2D eigenvalue weighted by molar-refractivity contribution is 0.185. The first-order valence-electron chi connectivity index (χ1n) is 6.84. The van der Waals surface area contributed by atoms with Gasteiger partial charge < -0.3 is 10.1 Å². The highest BCUT2D eigenvalue weighted by Gasteiger charge is 2.12. The lowest BCUT2D eigenvalue weighted by atomic mass is 10.1. The highest BCUT2D eigenvalue weighted by atomic mass is 32.1. The van der Waals surface area contributed by atoms with Gasteiger partial charge in [0.05, 0.1) is 17.3 Å². The first-order valence-corrected chi connectivity index (χ1v) is 7.66. The van der Waals surface area contributed by atoms with Crippen molar-refractivity contribution in [2.45, 2.75) is 40.0 Å². The van der Waals surface area contributed by atoms with Crippen LogP contribution in [0.3, 0.4) is 0 Å². The molecule has 0 fully saturated rings. The van der Waals surface area contributed by atoms with Gasteiger partial charge in [0, 0.05) is 24.6 Å². The predicted molar refractivity (Wildman–Crippen MR) is 84.0 cm³/mol. The van der Waals surface area contributed by atoms with Crippen LogP contribution in [-0.2, 0) is 17.9 Å². The molecule has 2 rings (SSSR count). The maximum absolute atomic E-state index is 5.12. The second-order valence-corrected chi connectivity index (χ2v) is 6.27. The quantitative estimate of drug-likeness (QED) is 0.879. The first-order chi connectivity index (χ1) is 9.60. The van der Waals surface area contributed by atoms with Crippen LogP contribution >= 0.6 is 11.3 Å². The fraction of sp³-hybridized carbons (Fsp3) is 0.438. The molecule has 0 spiro atoms. The van der Waals surface area contributed by atoms with Gasteiger partial charge in [-0.3, -0.25) is 0 Å². The Kier molecular flexibility index (Phi) is 5.29. The molecule has 2 aromatic rings. The van der Waals surface area contributed by atoms with Crippen LogP contribution in [0.15, 0.2) is 24.3 Å². The van der Waals surface area contributed by atoms with Gasteiger partial charge in [0.25, 0.3) is 0 Å². The number of nitrogens with one attached hydrogen (secondary N) is 1. The summed E-state index contributed by atoms with van der Waals surface area (Å²) in [5.41, 5.74) is 3.64. The van der Waals surface area contributed by atoms with E-state index < -0.39 is 0 Å². The van der Waals surface area contributed by atoms with Crippen LogP contribution in [-0.4, -0.2) is 12.1 Å². The van der Waals surface area contributed by atoms with E-state index in [0.29, 0.717) is 12.6 Å². The van der Waals surface area contributed by atoms with Crippen LogP contribution in [0.5, 0.6) is 0 Å². The maximum Gasteiger partial charge on any atom is 0.0900 e. The van der Waals surface area contributed by atoms with Gasteiger partial charge in [-0.25, -0.2) is 4.98 Å². The van der Waals surface area contributed by atoms with Crippen LogP contribution in [0.2, 0.25) is 0 Å². The van der Waals surface area contributed by atoms with Crippen LogP contribution in [0.1, 0.15) is 39.7 Å². The molecule has 0 aliphatic carbocycles. The van der Waals surface area contributed by atoms with Gasteiger partial charge in [0.15, 0.2) is 0 Å². The van der Waals surface area contributed by atoms with Crippen LogP contribution in [0.25, 0.3) is 0 Å². The van der Waals surface area contributed by atoms with Gasteiger partial charge in [0.2, 0.25) is 0 Å². The number of aryl methyl sites for hydroxylation is 2. The van der Waals surface area contributed by atoms with Gasteiger partial charge in [-0.15, -0.1) is 11.3 Å². The Morgan fingerprint density at radius 1 is 1.20 bits per heavy atom. The number of methoxy groups -OCH3 is 1. The van der Waals surface area contributed by atoms with Crippen molar-refractivity contribution in [3.63, 3.8) is 0 Å². The minimum atomic E-state index is 0.333. The van der Waals surface area contributed by atoms with E-state index in [0.717, 1.165) is 17.2 Å². The molecule has 0 amide bonds. The van der Waals surface area contributed by atoms with Crippen molar-refractivity contribution >= 4 is 11.3 Å². The summed E-state index contributed by atoms with van der Waals surface area (Å²) in [6.07, 6.45) is 0. The maximum atomic E-state index is 5.12. The molecule has 1 heterocycles. The minimum absolute atomic E-state index is 0.333. The van der Waals surface area contributed by atoms with E-state index in [-0.39, 0.29) is 0 Å². The average Bonchev–Trinajstić information content (AvgIpc) is 2.77. The van der Waals surface area contributed by atoms with E-state index in [1.807, 2.05) is 0 Å². The Morgan fingerprint density at radius 2 is 1.85 bits per heavy atom. The molecule has 0 saturated heterocycles. The van der Waals surface area contributed by atoms with Crippen molar-refractivity contribution in [3.8, 4) is 0 Å². The van der Waals surface area contributed by atoms with E-state index in [1.165, 1.54) is 16.0 Å². The van der Waals surface area contributed by atoms with E-state index >= 15 is 0 Å². The average molecular weight is 290 g/mol. The van der Waals surface area contributed by atoms with Crippen molar-refractivity contribution in [1.29, 1.82) is 0 Å². The van der Waals surface area contributed by atoms with Gasteiger partial charge in [-0.2, -0.15) is 0 Å². The molecule has 1 aromatic carbocycles. The van der Waals surface area contributed by atoms with Gasteiger partial charge >= 0.3 is 0 Å². The number of thiazole rings is 1. The molecule has 0 aliphatic rings. The first kappa shape index (κ1) is 15.2. The molecule has 20 heavy (non-hydrogen) atoms. The van der Waals surface area contributed by atoms with Crippen molar-refractivity contribution in [1.82, 2.24) is 10.3 Å². The molecule has 0 aliphatic heterocycles. The molecule has 1 aromatic heterocycles. The zero-order chi connectivity index (χ0) is 14.5. The molecule has 4 heteroatoms. The number of hydrogen-bond acceptors (Lipinski definition) is 4. The molecule has 0 bridgehead atoms. The van der Waals surface area contributed by atoms with Gasteiger partial charge in [-0.05, 0) is 31.9 Å². The Labute approximate surface area is 125 Å². The largest absolute Gasteiger partial charge is 0.380 e. The van der Waals surface area contributed by atoms with Crippen molar-refractivity contribution in [3.05, 3.63) is 51.0 Å². The summed E-state index contributed by atoms with van der Waals surface area (Å²) >= 11 is 1.78. The number of aromatic nitrogens is 1. The molecule has 0 saturated carbocycles.